The van der Waals surface area contributed by atoms with E-state index in [0.29, 0.717) is 19.5 Å². The molecule has 1 saturated heterocycles. The van der Waals surface area contributed by atoms with Crippen molar-refractivity contribution in [2.75, 3.05) is 11.5 Å². The molecule has 23 heavy (non-hydrogen) atoms. The molecule has 2 heterocycles. The fraction of sp³-hybridized carbons (Fsp3) is 0.375. The molecular weight excluding hydrogens is 314 g/mol. The first kappa shape index (κ1) is 15.7. The van der Waals surface area contributed by atoms with Crippen LogP contribution in [0.25, 0.3) is 0 Å². The van der Waals surface area contributed by atoms with Crippen LogP contribution in [0, 0.1) is 5.92 Å². The number of rotatable bonds is 5. The Labute approximate surface area is 135 Å². The van der Waals surface area contributed by atoms with Gasteiger partial charge in [-0.25, -0.2) is 8.42 Å². The third kappa shape index (κ3) is 3.98. The van der Waals surface area contributed by atoms with Crippen molar-refractivity contribution in [1.29, 1.82) is 0 Å². The summed E-state index contributed by atoms with van der Waals surface area (Å²) in [7, 11) is -3.04. The summed E-state index contributed by atoms with van der Waals surface area (Å²) in [4.78, 5) is 12.1. The molecule has 1 N–H and O–H groups in total. The molecule has 7 heteroatoms. The Morgan fingerprint density at radius 3 is 2.70 bits per heavy atom. The molecule has 2 aromatic rings. The van der Waals surface area contributed by atoms with Crippen LogP contribution < -0.4 is 5.32 Å². The van der Waals surface area contributed by atoms with Crippen LogP contribution in [-0.2, 0) is 27.7 Å². The predicted octanol–water partition coefficient (Wildman–Crippen LogP) is 0.982. The van der Waals surface area contributed by atoms with E-state index >= 15 is 0 Å². The van der Waals surface area contributed by atoms with Gasteiger partial charge >= 0.3 is 0 Å². The second-order valence-corrected chi connectivity index (χ2v) is 8.02. The summed E-state index contributed by atoms with van der Waals surface area (Å²) in [6, 6.07) is 9.71. The molecule has 0 radical (unpaired) electrons. The van der Waals surface area contributed by atoms with Gasteiger partial charge in [-0.2, -0.15) is 5.10 Å². The molecule has 1 aromatic carbocycles. The lowest BCUT2D eigenvalue weighted by Gasteiger charge is -2.13. The highest BCUT2D eigenvalue weighted by Crippen LogP contribution is 2.19. The zero-order valence-corrected chi connectivity index (χ0v) is 13.5. The third-order valence-electron chi connectivity index (χ3n) is 4.07. The van der Waals surface area contributed by atoms with E-state index in [0.717, 1.165) is 11.1 Å². The van der Waals surface area contributed by atoms with Gasteiger partial charge in [0.15, 0.2) is 9.84 Å². The van der Waals surface area contributed by atoms with Crippen molar-refractivity contribution in [2.24, 2.45) is 5.92 Å². The van der Waals surface area contributed by atoms with Gasteiger partial charge in [-0.3, -0.25) is 9.48 Å². The normalized spacial score (nSPS) is 19.6. The van der Waals surface area contributed by atoms with Gasteiger partial charge < -0.3 is 5.32 Å². The number of hydrogen-bond acceptors (Lipinski definition) is 4. The van der Waals surface area contributed by atoms with Crippen molar-refractivity contribution in [3.63, 3.8) is 0 Å². The van der Waals surface area contributed by atoms with E-state index < -0.39 is 15.8 Å². The maximum atomic E-state index is 12.1. The van der Waals surface area contributed by atoms with Crippen molar-refractivity contribution in [2.45, 2.75) is 19.5 Å². The lowest BCUT2D eigenvalue weighted by Crippen LogP contribution is -2.31. The topological polar surface area (TPSA) is 81.1 Å². The van der Waals surface area contributed by atoms with Crippen molar-refractivity contribution in [3.05, 3.63) is 53.9 Å². The second kappa shape index (κ2) is 6.54. The highest BCUT2D eigenvalue weighted by Gasteiger charge is 2.32. The molecule has 1 amide bonds. The lowest BCUT2D eigenvalue weighted by molar-refractivity contribution is -0.124. The van der Waals surface area contributed by atoms with Crippen LogP contribution in [0.4, 0.5) is 0 Å². The van der Waals surface area contributed by atoms with Crippen LogP contribution in [0.15, 0.2) is 42.7 Å². The molecule has 6 nitrogen and oxygen atoms in total. The molecule has 1 aliphatic heterocycles. The number of hydrogen-bond donors (Lipinski definition) is 1. The lowest BCUT2D eigenvalue weighted by atomic mass is 10.1. The van der Waals surface area contributed by atoms with E-state index in [1.807, 2.05) is 41.2 Å². The number of sulfone groups is 1. The fourth-order valence-electron chi connectivity index (χ4n) is 2.78. The molecule has 1 aliphatic rings. The summed E-state index contributed by atoms with van der Waals surface area (Å²) in [6.07, 6.45) is 4.03. The van der Waals surface area contributed by atoms with Gasteiger partial charge in [0, 0.05) is 18.9 Å². The summed E-state index contributed by atoms with van der Waals surface area (Å²) in [6.45, 7) is 1.03. The van der Waals surface area contributed by atoms with Crippen molar-refractivity contribution >= 4 is 15.7 Å². The first-order chi connectivity index (χ1) is 11.0. The Bertz CT molecular complexity index is 785. The number of nitrogens with one attached hydrogen (secondary N) is 1. The molecule has 0 unspecified atom stereocenters. The number of aromatic nitrogens is 2. The minimum atomic E-state index is -3.04. The van der Waals surface area contributed by atoms with E-state index in [9.17, 15) is 13.2 Å². The van der Waals surface area contributed by atoms with Crippen LogP contribution in [0.5, 0.6) is 0 Å². The number of amides is 1. The monoisotopic (exact) mass is 333 g/mol. The molecule has 0 spiro atoms. The quantitative estimate of drug-likeness (QED) is 0.884. The highest BCUT2D eigenvalue weighted by atomic mass is 32.2. The minimum absolute atomic E-state index is 0.0340. The van der Waals surface area contributed by atoms with Gasteiger partial charge in [0.2, 0.25) is 5.91 Å². The fourth-order valence-corrected chi connectivity index (χ4v) is 4.52. The maximum Gasteiger partial charge on any atom is 0.224 e. The molecule has 1 fully saturated rings. The molecule has 3 rings (SSSR count). The summed E-state index contributed by atoms with van der Waals surface area (Å²) in [5.74, 6) is -0.521. The van der Waals surface area contributed by atoms with Crippen molar-refractivity contribution < 1.29 is 13.2 Å². The number of carbonyl (C=O) groups is 1. The second-order valence-electron chi connectivity index (χ2n) is 5.79. The van der Waals surface area contributed by atoms with Gasteiger partial charge in [0.05, 0.1) is 24.0 Å². The van der Waals surface area contributed by atoms with Gasteiger partial charge in [-0.15, -0.1) is 0 Å². The van der Waals surface area contributed by atoms with Gasteiger partial charge in [-0.05, 0) is 23.6 Å². The van der Waals surface area contributed by atoms with Crippen LogP contribution in [0.2, 0.25) is 0 Å². The van der Waals surface area contributed by atoms with Crippen LogP contribution in [0.1, 0.15) is 17.5 Å². The Balaban J connectivity index is 1.63. The number of benzene rings is 1. The smallest absolute Gasteiger partial charge is 0.224 e. The zero-order valence-electron chi connectivity index (χ0n) is 12.7. The van der Waals surface area contributed by atoms with Crippen LogP contribution >= 0.6 is 0 Å². The Hall–Kier alpha value is -2.15. The highest BCUT2D eigenvalue weighted by molar-refractivity contribution is 7.91. The van der Waals surface area contributed by atoms with E-state index in [4.69, 9.17) is 0 Å². The summed E-state index contributed by atoms with van der Waals surface area (Å²) >= 11 is 0. The largest absolute Gasteiger partial charge is 0.352 e. The SMILES string of the molecule is O=C(NCc1ccccc1Cn1cccn1)[C@@H]1CCS(=O)(=O)C1. The molecule has 0 bridgehead atoms. The van der Waals surface area contributed by atoms with Crippen molar-refractivity contribution in [1.82, 2.24) is 15.1 Å². The van der Waals surface area contributed by atoms with Gasteiger partial charge in [0.1, 0.15) is 0 Å². The Kier molecular flexibility index (Phi) is 4.47. The Morgan fingerprint density at radius 1 is 1.26 bits per heavy atom. The average Bonchev–Trinajstić information content (AvgIpc) is 3.15. The molecule has 0 saturated carbocycles. The molecule has 0 aliphatic carbocycles. The maximum absolute atomic E-state index is 12.1. The standard InChI is InChI=1S/C16H19N3O3S/c20-16(15-6-9-23(21,22)12-15)17-10-13-4-1-2-5-14(13)11-19-8-3-7-18-19/h1-5,7-8,15H,6,9-12H2,(H,17,20)/t15-/m1/s1. The molecular formula is C16H19N3O3S. The first-order valence-electron chi connectivity index (χ1n) is 7.56. The van der Waals surface area contributed by atoms with Crippen LogP contribution in [0.3, 0.4) is 0 Å². The molecule has 1 atom stereocenters. The van der Waals surface area contributed by atoms with Crippen molar-refractivity contribution in [3.8, 4) is 0 Å². The molecule has 122 valence electrons. The van der Waals surface area contributed by atoms with E-state index in [-0.39, 0.29) is 17.4 Å². The van der Waals surface area contributed by atoms with Gasteiger partial charge in [0.25, 0.3) is 0 Å². The van der Waals surface area contributed by atoms with Gasteiger partial charge in [-0.1, -0.05) is 24.3 Å². The summed E-state index contributed by atoms with van der Waals surface area (Å²) < 4.78 is 24.7. The number of carbonyl (C=O) groups excluding carboxylic acids is 1. The van der Waals surface area contributed by atoms with E-state index in [1.165, 1.54) is 0 Å². The number of nitrogens with zero attached hydrogens (tertiary/aromatic N) is 2. The van der Waals surface area contributed by atoms with Crippen LogP contribution in [-0.4, -0.2) is 35.6 Å². The predicted molar refractivity (Wildman–Crippen MR) is 86.4 cm³/mol. The zero-order chi connectivity index (χ0) is 16.3. The van der Waals surface area contributed by atoms with E-state index in [1.54, 1.807) is 6.20 Å². The summed E-state index contributed by atoms with van der Waals surface area (Å²) in [5.41, 5.74) is 2.09. The average molecular weight is 333 g/mol. The first-order valence-corrected chi connectivity index (χ1v) is 9.38. The minimum Gasteiger partial charge on any atom is -0.352 e. The Morgan fingerprint density at radius 2 is 2.04 bits per heavy atom. The summed E-state index contributed by atoms with van der Waals surface area (Å²) in [5, 5.41) is 7.06. The van der Waals surface area contributed by atoms with E-state index in [2.05, 4.69) is 10.4 Å². The third-order valence-corrected chi connectivity index (χ3v) is 5.83. The molecule has 1 aromatic heterocycles.